The van der Waals surface area contributed by atoms with E-state index in [4.69, 9.17) is 0 Å². The van der Waals surface area contributed by atoms with E-state index in [1.54, 1.807) is 0 Å². The summed E-state index contributed by atoms with van der Waals surface area (Å²) in [5, 5.41) is 41.6. The number of carboxylic acid groups (broad SMARTS) is 4. The summed E-state index contributed by atoms with van der Waals surface area (Å²) in [6.07, 6.45) is 0. The van der Waals surface area contributed by atoms with Gasteiger partial charge in [-0.25, -0.2) is 0 Å². The molecule has 0 unspecified atom stereocenters. The predicted molar refractivity (Wildman–Crippen MR) is 56.5 cm³/mol. The van der Waals surface area contributed by atoms with Gasteiger partial charge in [-0.3, -0.25) is 9.80 Å². The largest absolute Gasteiger partial charge is 1.00 e. The van der Waals surface area contributed by atoms with Crippen molar-refractivity contribution in [2.45, 2.75) is 0 Å². The van der Waals surface area contributed by atoms with Crippen molar-refractivity contribution < 1.29 is 91.7 Å². The molecule has 2 N–H and O–H groups in total. The first-order valence-electron chi connectivity index (χ1n) is 5.44. The van der Waals surface area contributed by atoms with Gasteiger partial charge in [-0.05, 0) is 0 Å². The summed E-state index contributed by atoms with van der Waals surface area (Å²) < 4.78 is 0. The molecule has 0 amide bonds. The fourth-order valence-electron chi connectivity index (χ4n) is 1.44. The van der Waals surface area contributed by atoms with Crippen molar-refractivity contribution in [3.8, 4) is 0 Å². The molecule has 0 aromatic carbocycles. The summed E-state index contributed by atoms with van der Waals surface area (Å²) in [7, 11) is 0. The fourth-order valence-corrected chi connectivity index (χ4v) is 1.44. The van der Waals surface area contributed by atoms with Gasteiger partial charge in [-0.1, -0.05) is 0 Å². The van der Waals surface area contributed by atoms with Gasteiger partial charge < -0.3 is 45.1 Å². The molecule has 0 aromatic heterocycles. The molecular formula is C10H14FeN2NaO9-3. The minimum absolute atomic E-state index is 0. The third-order valence-corrected chi connectivity index (χ3v) is 2.14. The molecule has 0 aliphatic rings. The van der Waals surface area contributed by atoms with Crippen LogP contribution in [-0.4, -0.2) is 78.4 Å². The Balaban J connectivity index is -0.000000602. The number of carboxylic acids is 4. The zero-order chi connectivity index (χ0) is 15.7. The molecule has 0 aliphatic carbocycles. The van der Waals surface area contributed by atoms with Gasteiger partial charge in [-0.15, -0.1) is 0 Å². The van der Waals surface area contributed by atoms with Crippen LogP contribution in [0.5, 0.6) is 0 Å². The minimum atomic E-state index is -1.53. The van der Waals surface area contributed by atoms with Crippen LogP contribution in [-0.2, 0) is 36.2 Å². The van der Waals surface area contributed by atoms with Crippen LogP contribution in [0, 0.1) is 0 Å². The number of carbonyl (C=O) groups is 4. The molecule has 11 nitrogen and oxygen atoms in total. The van der Waals surface area contributed by atoms with E-state index in [0.717, 1.165) is 9.80 Å². The molecule has 0 bridgehead atoms. The Bertz CT molecular complexity index is 329. The Labute approximate surface area is 164 Å². The zero-order valence-electron chi connectivity index (χ0n) is 12.3. The number of rotatable bonds is 11. The van der Waals surface area contributed by atoms with Crippen LogP contribution in [0.2, 0.25) is 0 Å². The van der Waals surface area contributed by atoms with Crippen molar-refractivity contribution in [3.63, 3.8) is 0 Å². The maximum absolute atomic E-state index is 10.4. The maximum atomic E-state index is 10.4. The van der Waals surface area contributed by atoms with Crippen molar-refractivity contribution in [2.75, 3.05) is 39.3 Å². The molecule has 0 saturated carbocycles. The average molecular weight is 385 g/mol. The second-order valence-electron chi connectivity index (χ2n) is 3.91. The summed E-state index contributed by atoms with van der Waals surface area (Å²) in [5.74, 6) is -6.12. The Kier molecular flexibility index (Phi) is 21.2. The smallest absolute Gasteiger partial charge is 0.549 e. The summed E-state index contributed by atoms with van der Waals surface area (Å²) >= 11 is 0. The topological polar surface area (TPSA) is 198 Å². The number of carbonyl (C=O) groups excluding carboxylic acids is 4. The summed E-state index contributed by atoms with van der Waals surface area (Å²) in [4.78, 5) is 43.4. The van der Waals surface area contributed by atoms with Crippen molar-refractivity contribution in [1.29, 1.82) is 0 Å². The molecular weight excluding hydrogens is 371 g/mol. The van der Waals surface area contributed by atoms with E-state index in [1.165, 1.54) is 0 Å². The Hall–Kier alpha value is -0.721. The normalized spacial score (nSPS) is 9.30. The predicted octanol–water partition coefficient (Wildman–Crippen LogP) is -11.2. The van der Waals surface area contributed by atoms with E-state index >= 15 is 0 Å². The molecule has 0 spiro atoms. The molecule has 13 heteroatoms. The second kappa shape index (κ2) is 16.1. The van der Waals surface area contributed by atoms with Gasteiger partial charge in [0.15, 0.2) is 0 Å². The van der Waals surface area contributed by atoms with Crippen LogP contribution < -0.4 is 50.0 Å². The molecule has 0 atom stereocenters. The van der Waals surface area contributed by atoms with Crippen molar-refractivity contribution in [3.05, 3.63) is 0 Å². The molecule has 0 radical (unpaired) electrons. The zero-order valence-corrected chi connectivity index (χ0v) is 15.4. The first kappa shape index (κ1) is 30.2. The first-order chi connectivity index (χ1) is 9.20. The molecule has 0 fully saturated rings. The number of hydrogen-bond acceptors (Lipinski definition) is 10. The Morgan fingerprint density at radius 1 is 0.609 bits per heavy atom. The van der Waals surface area contributed by atoms with Gasteiger partial charge in [0.2, 0.25) is 0 Å². The Morgan fingerprint density at radius 2 is 0.783 bits per heavy atom. The van der Waals surface area contributed by atoms with Crippen molar-refractivity contribution in [1.82, 2.24) is 9.80 Å². The van der Waals surface area contributed by atoms with Crippen LogP contribution in [0.15, 0.2) is 0 Å². The fraction of sp³-hybridized carbons (Fsp3) is 0.600. The molecule has 0 aromatic rings. The van der Waals surface area contributed by atoms with Crippen LogP contribution in [0.1, 0.15) is 0 Å². The van der Waals surface area contributed by atoms with E-state index in [0.29, 0.717) is 0 Å². The van der Waals surface area contributed by atoms with Crippen LogP contribution >= 0.6 is 0 Å². The van der Waals surface area contributed by atoms with E-state index in [2.05, 4.69) is 0 Å². The van der Waals surface area contributed by atoms with Crippen LogP contribution in [0.25, 0.3) is 0 Å². The number of nitrogens with zero attached hydrogens (tertiary/aromatic N) is 2. The van der Waals surface area contributed by atoms with E-state index in [9.17, 15) is 39.6 Å². The molecule has 23 heavy (non-hydrogen) atoms. The molecule has 0 rings (SSSR count). The molecule has 130 valence electrons. The van der Waals surface area contributed by atoms with Gasteiger partial charge in [0.1, 0.15) is 0 Å². The molecule has 0 saturated heterocycles. The number of aliphatic carboxylic acids is 4. The van der Waals surface area contributed by atoms with Crippen molar-refractivity contribution in [2.24, 2.45) is 0 Å². The summed E-state index contributed by atoms with van der Waals surface area (Å²) in [5.41, 5.74) is 0. The van der Waals surface area contributed by atoms with Crippen molar-refractivity contribution >= 4 is 23.9 Å². The number of hydrogen-bond donors (Lipinski definition) is 0. The molecule has 0 aliphatic heterocycles. The summed E-state index contributed by atoms with van der Waals surface area (Å²) in [6.45, 7) is -3.25. The maximum Gasteiger partial charge on any atom is 1.00 e. The first-order valence-corrected chi connectivity index (χ1v) is 5.44. The third kappa shape index (κ3) is 19.2. The monoisotopic (exact) mass is 385 g/mol. The standard InChI is InChI=1S/C10H16N2O8.Fe.Na.H2O/c13-7(14)3-11(4-8(15)16)1-2-12(5-9(17)18)6-10(19)20;;;/h1-6H2,(H,13,14)(H,15,16)(H,17,18)(H,19,20);;;1H2/q;;+1;/p-4. The summed E-state index contributed by atoms with van der Waals surface area (Å²) in [6, 6.07) is 0. The van der Waals surface area contributed by atoms with Crippen LogP contribution in [0.3, 0.4) is 0 Å². The van der Waals surface area contributed by atoms with Gasteiger partial charge >= 0.3 is 29.6 Å². The third-order valence-electron chi connectivity index (χ3n) is 2.14. The van der Waals surface area contributed by atoms with Gasteiger partial charge in [0.05, 0.1) is 23.9 Å². The van der Waals surface area contributed by atoms with E-state index < -0.39 is 50.1 Å². The minimum Gasteiger partial charge on any atom is -0.549 e. The average Bonchev–Trinajstić information content (AvgIpc) is 2.22. The van der Waals surface area contributed by atoms with Crippen LogP contribution in [0.4, 0.5) is 0 Å². The quantitative estimate of drug-likeness (QED) is 0.308. The van der Waals surface area contributed by atoms with Gasteiger partial charge in [-0.2, -0.15) is 0 Å². The SMILES string of the molecule is O.O=C([O-])CN(CCN(CC(=O)[O-])CC(=O)[O-])CC(=O)[O-].[Fe].[Na+]. The van der Waals surface area contributed by atoms with Gasteiger partial charge in [0.25, 0.3) is 0 Å². The Morgan fingerprint density at radius 3 is 0.913 bits per heavy atom. The van der Waals surface area contributed by atoms with E-state index in [1.807, 2.05) is 0 Å². The van der Waals surface area contributed by atoms with Gasteiger partial charge in [0, 0.05) is 56.3 Å². The molecule has 0 heterocycles. The van der Waals surface area contributed by atoms with E-state index in [-0.39, 0.29) is 65.2 Å². The second-order valence-corrected chi connectivity index (χ2v) is 3.91.